The van der Waals surface area contributed by atoms with Gasteiger partial charge in [0.25, 0.3) is 0 Å². The molecule has 7 heteroatoms. The van der Waals surface area contributed by atoms with Crippen molar-refractivity contribution < 1.29 is 12.8 Å². The van der Waals surface area contributed by atoms with Crippen molar-refractivity contribution in [3.63, 3.8) is 0 Å². The van der Waals surface area contributed by atoms with Crippen molar-refractivity contribution in [3.05, 3.63) is 35.2 Å². The van der Waals surface area contributed by atoms with E-state index in [4.69, 9.17) is 5.73 Å². The highest BCUT2D eigenvalue weighted by Crippen LogP contribution is 2.43. The predicted molar refractivity (Wildman–Crippen MR) is 99.3 cm³/mol. The molecule has 1 atom stereocenters. The Kier molecular flexibility index (Phi) is 4.09. The summed E-state index contributed by atoms with van der Waals surface area (Å²) in [5, 5.41) is 1.51. The van der Waals surface area contributed by atoms with Crippen LogP contribution in [0.2, 0.25) is 0 Å². The van der Waals surface area contributed by atoms with Crippen molar-refractivity contribution in [2.24, 2.45) is 5.73 Å². The fourth-order valence-electron chi connectivity index (χ4n) is 3.61. The van der Waals surface area contributed by atoms with E-state index in [-0.39, 0.29) is 17.5 Å². The van der Waals surface area contributed by atoms with Crippen LogP contribution in [0.4, 0.5) is 4.39 Å². The summed E-state index contributed by atoms with van der Waals surface area (Å²) in [5.41, 5.74) is 7.44. The summed E-state index contributed by atoms with van der Waals surface area (Å²) in [5.74, 6) is 0.420. The molecule has 0 spiro atoms. The van der Waals surface area contributed by atoms with E-state index in [2.05, 4.69) is 9.71 Å². The highest BCUT2D eigenvalue weighted by atomic mass is 32.2. The first-order valence-electron chi connectivity index (χ1n) is 9.05. The number of pyridine rings is 1. The maximum atomic E-state index is 13.9. The van der Waals surface area contributed by atoms with Gasteiger partial charge in [-0.3, -0.25) is 4.98 Å². The molecule has 0 amide bonds. The Morgan fingerprint density at radius 3 is 2.65 bits per heavy atom. The maximum absolute atomic E-state index is 13.9. The molecule has 26 heavy (non-hydrogen) atoms. The minimum Gasteiger partial charge on any atom is -0.324 e. The van der Waals surface area contributed by atoms with Crippen LogP contribution in [-0.4, -0.2) is 25.6 Å². The van der Waals surface area contributed by atoms with Gasteiger partial charge in [-0.05, 0) is 62.8 Å². The lowest BCUT2D eigenvalue weighted by atomic mass is 10.0. The Hall–Kier alpha value is -1.57. The number of nitrogens with zero attached hydrogens (tertiary/aromatic N) is 1. The van der Waals surface area contributed by atoms with Crippen molar-refractivity contribution in [2.75, 3.05) is 6.54 Å². The van der Waals surface area contributed by atoms with E-state index in [1.807, 2.05) is 6.07 Å². The van der Waals surface area contributed by atoms with E-state index < -0.39 is 15.7 Å². The molecular weight excluding hydrogens is 353 g/mol. The fourth-order valence-corrected chi connectivity index (χ4v) is 5.04. The number of halogens is 1. The molecule has 1 heterocycles. The molecule has 5 nitrogen and oxygen atoms in total. The van der Waals surface area contributed by atoms with E-state index in [9.17, 15) is 12.8 Å². The van der Waals surface area contributed by atoms with Gasteiger partial charge < -0.3 is 5.73 Å². The normalized spacial score (nSPS) is 20.5. The topological polar surface area (TPSA) is 85.1 Å². The number of aromatic nitrogens is 1. The van der Waals surface area contributed by atoms with Crippen molar-refractivity contribution in [3.8, 4) is 0 Å². The number of sulfonamides is 1. The predicted octanol–water partition coefficient (Wildman–Crippen LogP) is 3.08. The molecule has 1 aromatic heterocycles. The third kappa shape index (κ3) is 3.23. The van der Waals surface area contributed by atoms with Gasteiger partial charge in [-0.15, -0.1) is 0 Å². The van der Waals surface area contributed by atoms with Crippen LogP contribution in [-0.2, 0) is 16.4 Å². The second kappa shape index (κ2) is 5.97. The molecular formula is C19H24FN3O2S. The maximum Gasteiger partial charge on any atom is 0.241 e. The number of alkyl halides is 1. The Bertz CT molecular complexity index is 978. The van der Waals surface area contributed by atoms with Gasteiger partial charge in [0.1, 0.15) is 5.67 Å². The fraction of sp³-hybridized carbons (Fsp3) is 0.526. The van der Waals surface area contributed by atoms with E-state index >= 15 is 0 Å². The zero-order valence-corrected chi connectivity index (χ0v) is 15.9. The number of fused-ring (bicyclic) bond motifs is 3. The highest BCUT2D eigenvalue weighted by molar-refractivity contribution is 7.89. The minimum absolute atomic E-state index is 0.177. The first-order valence-corrected chi connectivity index (χ1v) is 10.5. The van der Waals surface area contributed by atoms with Gasteiger partial charge in [0, 0.05) is 41.2 Å². The lowest BCUT2D eigenvalue weighted by molar-refractivity contribution is 0.221. The summed E-state index contributed by atoms with van der Waals surface area (Å²) in [6.07, 6.45) is 5.58. The molecule has 2 aliphatic rings. The molecule has 3 N–H and O–H groups in total. The van der Waals surface area contributed by atoms with E-state index in [0.717, 1.165) is 47.9 Å². The molecule has 4 rings (SSSR count). The number of hydrogen-bond donors (Lipinski definition) is 2. The second-order valence-corrected chi connectivity index (χ2v) is 9.80. The third-order valence-electron chi connectivity index (χ3n) is 5.22. The Labute approximate surface area is 153 Å². The van der Waals surface area contributed by atoms with Crippen molar-refractivity contribution in [1.82, 2.24) is 9.71 Å². The zero-order chi connectivity index (χ0) is 18.7. The van der Waals surface area contributed by atoms with Crippen LogP contribution in [0.3, 0.4) is 0 Å². The molecule has 1 saturated carbocycles. The summed E-state index contributed by atoms with van der Waals surface area (Å²) < 4.78 is 42.2. The molecule has 0 radical (unpaired) electrons. The summed E-state index contributed by atoms with van der Waals surface area (Å²) in [7, 11) is -3.86. The summed E-state index contributed by atoms with van der Waals surface area (Å²) in [6.45, 7) is 2.42. The monoisotopic (exact) mass is 377 g/mol. The smallest absolute Gasteiger partial charge is 0.241 e. The average Bonchev–Trinajstić information content (AvgIpc) is 3.35. The van der Waals surface area contributed by atoms with Crippen LogP contribution in [0.15, 0.2) is 23.2 Å². The molecule has 0 aliphatic heterocycles. The molecule has 0 bridgehead atoms. The number of nitrogens with two attached hydrogens (primary N) is 1. The standard InChI is InChI=1S/C19H24FN3O2S/c1-19(2,20)10-23-26(24,25)18-8-13-12(5-6-16(13)21)15-9-22-17(7-14(15)18)11-3-4-11/h7-9,11,16,23H,3-6,10,21H2,1-2H3. The van der Waals surface area contributed by atoms with E-state index in [1.54, 1.807) is 12.3 Å². The van der Waals surface area contributed by atoms with Gasteiger partial charge in [0.15, 0.2) is 0 Å². The Morgan fingerprint density at radius 2 is 2.00 bits per heavy atom. The van der Waals surface area contributed by atoms with Gasteiger partial charge in [-0.25, -0.2) is 17.5 Å². The quantitative estimate of drug-likeness (QED) is 0.838. The molecule has 0 saturated heterocycles. The van der Waals surface area contributed by atoms with Gasteiger partial charge in [-0.2, -0.15) is 0 Å². The molecule has 1 unspecified atom stereocenters. The van der Waals surface area contributed by atoms with E-state index in [1.165, 1.54) is 13.8 Å². The van der Waals surface area contributed by atoms with Crippen molar-refractivity contribution in [2.45, 2.75) is 62.1 Å². The second-order valence-electron chi connectivity index (χ2n) is 8.06. The lowest BCUT2D eigenvalue weighted by Crippen LogP contribution is -2.35. The zero-order valence-electron chi connectivity index (χ0n) is 15.0. The minimum atomic E-state index is -3.86. The van der Waals surface area contributed by atoms with Crippen LogP contribution in [0, 0.1) is 0 Å². The number of nitrogens with one attached hydrogen (secondary N) is 1. The molecule has 2 aliphatic carbocycles. The summed E-state index contributed by atoms with van der Waals surface area (Å²) >= 11 is 0. The van der Waals surface area contributed by atoms with Gasteiger partial charge in [-0.1, -0.05) is 0 Å². The lowest BCUT2D eigenvalue weighted by Gasteiger charge is -2.18. The Balaban J connectivity index is 1.89. The summed E-state index contributed by atoms with van der Waals surface area (Å²) in [4.78, 5) is 4.74. The molecule has 1 aromatic carbocycles. The average molecular weight is 377 g/mol. The summed E-state index contributed by atoms with van der Waals surface area (Å²) in [6, 6.07) is 3.40. The third-order valence-corrected chi connectivity index (χ3v) is 6.66. The van der Waals surface area contributed by atoms with E-state index in [0.29, 0.717) is 11.3 Å². The van der Waals surface area contributed by atoms with Gasteiger partial charge >= 0.3 is 0 Å². The Morgan fingerprint density at radius 1 is 1.27 bits per heavy atom. The van der Waals surface area contributed by atoms with Crippen LogP contribution in [0.5, 0.6) is 0 Å². The van der Waals surface area contributed by atoms with Gasteiger partial charge in [0.05, 0.1) is 4.90 Å². The highest BCUT2D eigenvalue weighted by Gasteiger charge is 2.31. The van der Waals surface area contributed by atoms with Crippen molar-refractivity contribution in [1.29, 1.82) is 0 Å². The first kappa shape index (κ1) is 17.8. The van der Waals surface area contributed by atoms with Crippen LogP contribution in [0.1, 0.15) is 61.9 Å². The van der Waals surface area contributed by atoms with Crippen LogP contribution in [0.25, 0.3) is 10.8 Å². The molecule has 2 aromatic rings. The molecule has 140 valence electrons. The van der Waals surface area contributed by atoms with Gasteiger partial charge in [0.2, 0.25) is 10.0 Å². The number of benzene rings is 1. The van der Waals surface area contributed by atoms with Crippen molar-refractivity contribution >= 4 is 20.8 Å². The SMILES string of the molecule is CC(C)(F)CNS(=O)(=O)c1cc2c(c3cnc(C4CC4)cc13)CCC2N. The molecule has 1 fully saturated rings. The number of rotatable bonds is 5. The number of hydrogen-bond acceptors (Lipinski definition) is 4. The van der Waals surface area contributed by atoms with Crippen LogP contribution < -0.4 is 10.5 Å². The largest absolute Gasteiger partial charge is 0.324 e. The first-order chi connectivity index (χ1) is 12.2. The van der Waals surface area contributed by atoms with Crippen LogP contribution >= 0.6 is 0 Å². The number of aryl methyl sites for hydroxylation is 1.